The Hall–Kier alpha value is -1.66. The molecule has 0 aliphatic carbocycles. The minimum atomic E-state index is -3.71. The minimum absolute atomic E-state index is 0.0244. The Labute approximate surface area is 93.6 Å². The summed E-state index contributed by atoms with van der Waals surface area (Å²) in [6, 6.07) is 10.8. The summed E-state index contributed by atoms with van der Waals surface area (Å²) >= 11 is 0. The predicted molar refractivity (Wildman–Crippen MR) is 59.1 cm³/mol. The maximum Gasteiger partial charge on any atom is 0.255 e. The van der Waals surface area contributed by atoms with E-state index in [-0.39, 0.29) is 5.03 Å². The van der Waals surface area contributed by atoms with Gasteiger partial charge in [0.2, 0.25) is 0 Å². The van der Waals surface area contributed by atoms with E-state index in [2.05, 4.69) is 5.10 Å². The maximum atomic E-state index is 11.2. The molecule has 0 aliphatic heterocycles. The summed E-state index contributed by atoms with van der Waals surface area (Å²) in [5.74, 6) is 0. The normalized spacial score (nSPS) is 11.6. The lowest BCUT2D eigenvalue weighted by Crippen LogP contribution is -2.18. The number of nitrogens with zero attached hydrogens (tertiary/aromatic N) is 2. The molecule has 0 amide bonds. The van der Waals surface area contributed by atoms with Crippen LogP contribution in [0, 0.1) is 0 Å². The topological polar surface area (TPSA) is 78.0 Å². The SMILES string of the molecule is NS(=O)(=O)c1ccnn1Cc1ccccc1. The summed E-state index contributed by atoms with van der Waals surface area (Å²) in [6.07, 6.45) is 1.42. The van der Waals surface area contributed by atoms with E-state index in [1.807, 2.05) is 30.3 Å². The van der Waals surface area contributed by atoms with Crippen LogP contribution in [-0.2, 0) is 16.6 Å². The van der Waals surface area contributed by atoms with E-state index < -0.39 is 10.0 Å². The van der Waals surface area contributed by atoms with Gasteiger partial charge in [0.15, 0.2) is 5.03 Å². The zero-order chi connectivity index (χ0) is 11.6. The van der Waals surface area contributed by atoms with E-state index in [1.165, 1.54) is 16.9 Å². The second kappa shape index (κ2) is 4.07. The number of nitrogens with two attached hydrogens (primary N) is 1. The molecule has 16 heavy (non-hydrogen) atoms. The highest BCUT2D eigenvalue weighted by Gasteiger charge is 2.14. The Morgan fingerprint density at radius 1 is 1.19 bits per heavy atom. The monoisotopic (exact) mass is 237 g/mol. The first-order valence-electron chi connectivity index (χ1n) is 4.66. The van der Waals surface area contributed by atoms with Gasteiger partial charge in [0.1, 0.15) is 0 Å². The van der Waals surface area contributed by atoms with Gasteiger partial charge in [0.25, 0.3) is 10.0 Å². The van der Waals surface area contributed by atoms with Gasteiger partial charge in [-0.1, -0.05) is 30.3 Å². The Balaban J connectivity index is 2.34. The van der Waals surface area contributed by atoms with E-state index in [4.69, 9.17) is 5.14 Å². The summed E-state index contributed by atoms with van der Waals surface area (Å²) < 4.78 is 23.8. The molecule has 2 aromatic rings. The first-order chi connectivity index (χ1) is 7.57. The molecule has 0 saturated heterocycles. The van der Waals surface area contributed by atoms with Gasteiger partial charge in [0, 0.05) is 0 Å². The Kier molecular flexibility index (Phi) is 2.76. The van der Waals surface area contributed by atoms with Crippen molar-refractivity contribution in [2.24, 2.45) is 5.14 Å². The molecule has 1 aromatic heterocycles. The average Bonchev–Trinajstić information content (AvgIpc) is 2.67. The lowest BCUT2D eigenvalue weighted by molar-refractivity contribution is 0.564. The van der Waals surface area contributed by atoms with Crippen LogP contribution in [0.5, 0.6) is 0 Å². The number of rotatable bonds is 3. The molecule has 0 fully saturated rings. The maximum absolute atomic E-state index is 11.2. The lowest BCUT2D eigenvalue weighted by Gasteiger charge is -2.05. The van der Waals surface area contributed by atoms with Crippen molar-refractivity contribution in [2.45, 2.75) is 11.6 Å². The van der Waals surface area contributed by atoms with Crippen molar-refractivity contribution in [3.8, 4) is 0 Å². The van der Waals surface area contributed by atoms with Crippen LogP contribution in [0.25, 0.3) is 0 Å². The molecule has 2 N–H and O–H groups in total. The van der Waals surface area contributed by atoms with E-state index in [0.29, 0.717) is 6.54 Å². The number of benzene rings is 1. The van der Waals surface area contributed by atoms with Crippen molar-refractivity contribution in [2.75, 3.05) is 0 Å². The van der Waals surface area contributed by atoms with Crippen LogP contribution in [0.2, 0.25) is 0 Å². The smallest absolute Gasteiger partial charge is 0.248 e. The molecular formula is C10H11N3O2S. The van der Waals surface area contributed by atoms with Crippen molar-refractivity contribution in [1.82, 2.24) is 9.78 Å². The van der Waals surface area contributed by atoms with Crippen LogP contribution in [0.15, 0.2) is 47.6 Å². The average molecular weight is 237 g/mol. The summed E-state index contributed by atoms with van der Waals surface area (Å²) in [5, 5.41) is 9.03. The quantitative estimate of drug-likeness (QED) is 0.848. The Morgan fingerprint density at radius 3 is 2.50 bits per heavy atom. The Morgan fingerprint density at radius 2 is 1.88 bits per heavy atom. The fraction of sp³-hybridized carbons (Fsp3) is 0.100. The van der Waals surface area contributed by atoms with Crippen LogP contribution < -0.4 is 5.14 Å². The molecule has 1 aromatic carbocycles. The molecule has 0 aliphatic rings. The zero-order valence-corrected chi connectivity index (χ0v) is 9.26. The summed E-state index contributed by atoms with van der Waals surface area (Å²) in [5.41, 5.74) is 0.969. The van der Waals surface area contributed by atoms with E-state index in [0.717, 1.165) is 5.56 Å². The highest BCUT2D eigenvalue weighted by molar-refractivity contribution is 7.89. The standard InChI is InChI=1S/C10H11N3O2S/c11-16(14,15)10-6-7-12-13(10)8-9-4-2-1-3-5-9/h1-7H,8H2,(H2,11,14,15). The van der Waals surface area contributed by atoms with Gasteiger partial charge in [-0.3, -0.25) is 0 Å². The number of aromatic nitrogens is 2. The van der Waals surface area contributed by atoms with Crippen molar-refractivity contribution in [3.63, 3.8) is 0 Å². The molecule has 0 unspecified atom stereocenters. The van der Waals surface area contributed by atoms with Gasteiger partial charge in [0.05, 0.1) is 12.7 Å². The summed E-state index contributed by atoms with van der Waals surface area (Å²) in [7, 11) is -3.71. The first-order valence-corrected chi connectivity index (χ1v) is 6.20. The van der Waals surface area contributed by atoms with Gasteiger partial charge >= 0.3 is 0 Å². The number of hydrogen-bond donors (Lipinski definition) is 1. The molecule has 2 rings (SSSR count). The van der Waals surface area contributed by atoms with Crippen molar-refractivity contribution in [1.29, 1.82) is 0 Å². The molecule has 0 bridgehead atoms. The van der Waals surface area contributed by atoms with Gasteiger partial charge in [-0.05, 0) is 11.6 Å². The van der Waals surface area contributed by atoms with Crippen LogP contribution >= 0.6 is 0 Å². The third-order valence-corrected chi connectivity index (χ3v) is 3.07. The number of hydrogen-bond acceptors (Lipinski definition) is 3. The molecule has 0 atom stereocenters. The molecule has 0 radical (unpaired) electrons. The Bertz CT molecular complexity index is 575. The largest absolute Gasteiger partial charge is 0.255 e. The van der Waals surface area contributed by atoms with Crippen LogP contribution in [-0.4, -0.2) is 18.2 Å². The minimum Gasteiger partial charge on any atom is -0.248 e. The summed E-state index contributed by atoms with van der Waals surface area (Å²) in [6.45, 7) is 0.388. The summed E-state index contributed by atoms with van der Waals surface area (Å²) in [4.78, 5) is 0. The van der Waals surface area contributed by atoms with Crippen LogP contribution in [0.4, 0.5) is 0 Å². The third-order valence-electron chi connectivity index (χ3n) is 2.14. The predicted octanol–water partition coefficient (Wildman–Crippen LogP) is 0.579. The van der Waals surface area contributed by atoms with Gasteiger partial charge in [-0.25, -0.2) is 18.2 Å². The highest BCUT2D eigenvalue weighted by Crippen LogP contribution is 2.08. The van der Waals surface area contributed by atoms with Gasteiger partial charge < -0.3 is 0 Å². The molecule has 6 heteroatoms. The van der Waals surface area contributed by atoms with Crippen molar-refractivity contribution >= 4 is 10.0 Å². The van der Waals surface area contributed by atoms with E-state index >= 15 is 0 Å². The molecule has 5 nitrogen and oxygen atoms in total. The highest BCUT2D eigenvalue weighted by atomic mass is 32.2. The van der Waals surface area contributed by atoms with Gasteiger partial charge in [-0.2, -0.15) is 5.10 Å². The van der Waals surface area contributed by atoms with Crippen LogP contribution in [0.3, 0.4) is 0 Å². The number of primary sulfonamides is 1. The second-order valence-corrected chi connectivity index (χ2v) is 4.87. The van der Waals surface area contributed by atoms with Crippen molar-refractivity contribution < 1.29 is 8.42 Å². The van der Waals surface area contributed by atoms with Crippen molar-refractivity contribution in [3.05, 3.63) is 48.2 Å². The third kappa shape index (κ3) is 2.29. The van der Waals surface area contributed by atoms with E-state index in [9.17, 15) is 8.42 Å². The van der Waals surface area contributed by atoms with Crippen LogP contribution in [0.1, 0.15) is 5.56 Å². The van der Waals surface area contributed by atoms with E-state index in [1.54, 1.807) is 0 Å². The first kappa shape index (κ1) is 10.8. The lowest BCUT2D eigenvalue weighted by atomic mass is 10.2. The molecule has 1 heterocycles. The number of sulfonamides is 1. The molecule has 0 spiro atoms. The second-order valence-electron chi connectivity index (χ2n) is 3.36. The molecule has 84 valence electrons. The molecule has 0 saturated carbocycles. The molecular weight excluding hydrogens is 226 g/mol. The fourth-order valence-electron chi connectivity index (χ4n) is 1.44. The zero-order valence-electron chi connectivity index (χ0n) is 8.45. The fourth-order valence-corrected chi connectivity index (χ4v) is 2.09. The van der Waals surface area contributed by atoms with Gasteiger partial charge in [-0.15, -0.1) is 0 Å².